The van der Waals surface area contributed by atoms with Gasteiger partial charge >= 0.3 is 6.09 Å². The second-order valence-electron chi connectivity index (χ2n) is 8.71. The number of halogens is 1. The van der Waals surface area contributed by atoms with Crippen molar-refractivity contribution >= 4 is 29.5 Å². The van der Waals surface area contributed by atoms with Crippen LogP contribution in [0.2, 0.25) is 5.15 Å². The van der Waals surface area contributed by atoms with Gasteiger partial charge in [-0.3, -0.25) is 9.59 Å². The molecule has 1 N–H and O–H groups in total. The van der Waals surface area contributed by atoms with Crippen LogP contribution in [-0.4, -0.2) is 76.5 Å². The molecule has 10 heteroatoms. The molecule has 36 heavy (non-hydrogen) atoms. The van der Waals surface area contributed by atoms with Crippen molar-refractivity contribution < 1.29 is 19.1 Å². The highest BCUT2D eigenvalue weighted by Crippen LogP contribution is 2.18. The van der Waals surface area contributed by atoms with Gasteiger partial charge in [0.1, 0.15) is 16.9 Å². The molecule has 194 valence electrons. The van der Waals surface area contributed by atoms with Crippen molar-refractivity contribution in [3.8, 4) is 11.4 Å². The van der Waals surface area contributed by atoms with Crippen LogP contribution in [0.3, 0.4) is 0 Å². The second-order valence-corrected chi connectivity index (χ2v) is 9.10. The molecule has 3 amide bonds. The maximum atomic E-state index is 13.3. The molecule has 0 unspecified atom stereocenters. The Bertz CT molecular complexity index is 1030. The number of benzene rings is 1. The first-order chi connectivity index (χ1) is 17.4. The van der Waals surface area contributed by atoms with E-state index in [9.17, 15) is 14.4 Å². The van der Waals surface area contributed by atoms with E-state index in [0.717, 1.165) is 31.2 Å². The Morgan fingerprint density at radius 3 is 2.33 bits per heavy atom. The summed E-state index contributed by atoms with van der Waals surface area (Å²) in [5.41, 5.74) is 0.835. The summed E-state index contributed by atoms with van der Waals surface area (Å²) in [5.74, 6) is -0.310. The molecule has 0 radical (unpaired) electrons. The van der Waals surface area contributed by atoms with Gasteiger partial charge in [-0.25, -0.2) is 14.8 Å². The van der Waals surface area contributed by atoms with Gasteiger partial charge < -0.3 is 19.9 Å². The second kappa shape index (κ2) is 13.8. The Balaban J connectivity index is 1.65. The molecule has 0 bridgehead atoms. The molecule has 0 aliphatic carbocycles. The lowest BCUT2D eigenvalue weighted by molar-refractivity contribution is -0.135. The zero-order valence-electron chi connectivity index (χ0n) is 20.9. The summed E-state index contributed by atoms with van der Waals surface area (Å²) < 4.78 is 5.27. The van der Waals surface area contributed by atoms with Crippen LogP contribution in [0.25, 0.3) is 11.4 Å². The number of rotatable bonds is 10. The summed E-state index contributed by atoms with van der Waals surface area (Å²) in [4.78, 5) is 50.6. The molecule has 1 saturated heterocycles. The predicted molar refractivity (Wildman–Crippen MR) is 138 cm³/mol. The van der Waals surface area contributed by atoms with Crippen molar-refractivity contribution in [2.24, 2.45) is 0 Å². The third kappa shape index (κ3) is 7.65. The number of aromatic nitrogens is 2. The van der Waals surface area contributed by atoms with Gasteiger partial charge in [0, 0.05) is 37.8 Å². The number of amides is 3. The van der Waals surface area contributed by atoms with E-state index < -0.39 is 11.9 Å². The number of unbranched alkanes of at least 4 members (excludes halogenated alkanes) is 2. The molecule has 2 heterocycles. The van der Waals surface area contributed by atoms with E-state index in [2.05, 4.69) is 15.3 Å². The fourth-order valence-electron chi connectivity index (χ4n) is 3.87. The Morgan fingerprint density at radius 1 is 1.00 bits per heavy atom. The maximum Gasteiger partial charge on any atom is 0.409 e. The minimum Gasteiger partial charge on any atom is -0.449 e. The Morgan fingerprint density at radius 2 is 1.67 bits per heavy atom. The predicted octanol–water partition coefficient (Wildman–Crippen LogP) is 4.17. The molecule has 1 aromatic heterocycles. The van der Waals surface area contributed by atoms with Crippen molar-refractivity contribution in [2.45, 2.75) is 52.0 Å². The molecule has 0 spiro atoms. The first-order valence-electron chi connectivity index (χ1n) is 12.5. The highest BCUT2D eigenvalue weighted by Gasteiger charge is 2.30. The van der Waals surface area contributed by atoms with Gasteiger partial charge in [-0.2, -0.15) is 0 Å². The van der Waals surface area contributed by atoms with Gasteiger partial charge in [-0.15, -0.1) is 0 Å². The SMILES string of the molecule is CCCCOC(=O)N1CCN(C(=O)[C@H](CCCC)NC(=O)c2cc(Cl)nc(-c3ccccc3)n2)CC1. The molecular formula is C26H34ClN5O4. The quantitative estimate of drug-likeness (QED) is 0.376. The summed E-state index contributed by atoms with van der Waals surface area (Å²) >= 11 is 6.18. The van der Waals surface area contributed by atoms with E-state index >= 15 is 0 Å². The zero-order chi connectivity index (χ0) is 25.9. The van der Waals surface area contributed by atoms with Gasteiger partial charge in [0.05, 0.1) is 6.61 Å². The molecule has 1 fully saturated rings. The van der Waals surface area contributed by atoms with Crippen LogP contribution in [-0.2, 0) is 9.53 Å². The van der Waals surface area contributed by atoms with Crippen LogP contribution in [0.5, 0.6) is 0 Å². The van der Waals surface area contributed by atoms with Crippen LogP contribution in [0.15, 0.2) is 36.4 Å². The Labute approximate surface area is 217 Å². The Kier molecular flexibility index (Phi) is 10.5. The maximum absolute atomic E-state index is 13.3. The minimum absolute atomic E-state index is 0.0998. The van der Waals surface area contributed by atoms with E-state index in [0.29, 0.717) is 45.0 Å². The largest absolute Gasteiger partial charge is 0.449 e. The van der Waals surface area contributed by atoms with Gasteiger partial charge in [-0.05, 0) is 12.8 Å². The summed E-state index contributed by atoms with van der Waals surface area (Å²) in [6.07, 6.45) is 3.60. The normalized spacial score (nSPS) is 14.3. The number of carbonyl (C=O) groups is 3. The average Bonchev–Trinajstić information content (AvgIpc) is 2.90. The van der Waals surface area contributed by atoms with Crippen LogP contribution in [0, 0.1) is 0 Å². The topological polar surface area (TPSA) is 105 Å². The van der Waals surface area contributed by atoms with E-state index in [1.165, 1.54) is 6.07 Å². The third-order valence-electron chi connectivity index (χ3n) is 5.98. The van der Waals surface area contributed by atoms with E-state index in [-0.39, 0.29) is 22.8 Å². The molecule has 1 atom stereocenters. The van der Waals surface area contributed by atoms with Gasteiger partial charge in [-0.1, -0.05) is 75.0 Å². The average molecular weight is 516 g/mol. The van der Waals surface area contributed by atoms with E-state index in [4.69, 9.17) is 16.3 Å². The lowest BCUT2D eigenvalue weighted by Gasteiger charge is -2.36. The zero-order valence-corrected chi connectivity index (χ0v) is 21.7. The number of hydrogen-bond donors (Lipinski definition) is 1. The van der Waals surface area contributed by atoms with Crippen molar-refractivity contribution in [3.63, 3.8) is 0 Å². The molecular weight excluding hydrogens is 482 g/mol. The molecule has 1 aromatic carbocycles. The summed E-state index contributed by atoms with van der Waals surface area (Å²) in [7, 11) is 0. The number of carbonyl (C=O) groups excluding carboxylic acids is 3. The van der Waals surface area contributed by atoms with Gasteiger partial charge in [0.2, 0.25) is 5.91 Å². The van der Waals surface area contributed by atoms with Crippen molar-refractivity contribution in [1.82, 2.24) is 25.1 Å². The fraction of sp³-hybridized carbons (Fsp3) is 0.500. The minimum atomic E-state index is -0.700. The van der Waals surface area contributed by atoms with Crippen molar-refractivity contribution in [2.75, 3.05) is 32.8 Å². The first-order valence-corrected chi connectivity index (χ1v) is 12.9. The standard InChI is InChI=1S/C26H34ClN5O4/c1-3-5-12-20(25(34)31-13-15-32(16-14-31)26(35)36-17-6-4-2)29-24(33)21-18-22(27)30-23(28-21)19-10-8-7-9-11-19/h7-11,18,20H,3-6,12-17H2,1-2H3,(H,29,33)/t20-/m0/s1. The van der Waals surface area contributed by atoms with E-state index in [1.807, 2.05) is 44.2 Å². The number of piperazine rings is 1. The fourth-order valence-corrected chi connectivity index (χ4v) is 4.06. The number of nitrogens with one attached hydrogen (secondary N) is 1. The molecule has 1 aliphatic heterocycles. The van der Waals surface area contributed by atoms with Crippen LogP contribution < -0.4 is 5.32 Å². The summed E-state index contributed by atoms with van der Waals surface area (Å²) in [5, 5.41) is 3.00. The lowest BCUT2D eigenvalue weighted by Crippen LogP contribution is -2.56. The van der Waals surface area contributed by atoms with Crippen molar-refractivity contribution in [3.05, 3.63) is 47.2 Å². The lowest BCUT2D eigenvalue weighted by atomic mass is 10.1. The third-order valence-corrected chi connectivity index (χ3v) is 6.18. The highest BCUT2D eigenvalue weighted by atomic mass is 35.5. The van der Waals surface area contributed by atoms with Crippen LogP contribution in [0.1, 0.15) is 56.4 Å². The van der Waals surface area contributed by atoms with Crippen LogP contribution >= 0.6 is 11.6 Å². The van der Waals surface area contributed by atoms with Gasteiger partial charge in [0.15, 0.2) is 5.82 Å². The van der Waals surface area contributed by atoms with E-state index in [1.54, 1.807) is 9.80 Å². The van der Waals surface area contributed by atoms with Crippen LogP contribution in [0.4, 0.5) is 4.79 Å². The van der Waals surface area contributed by atoms with Gasteiger partial charge in [0.25, 0.3) is 5.91 Å². The molecule has 9 nitrogen and oxygen atoms in total. The first kappa shape index (κ1) is 27.4. The number of hydrogen-bond acceptors (Lipinski definition) is 6. The monoisotopic (exact) mass is 515 g/mol. The number of nitrogens with zero attached hydrogens (tertiary/aromatic N) is 4. The van der Waals surface area contributed by atoms with Crippen molar-refractivity contribution in [1.29, 1.82) is 0 Å². The highest BCUT2D eigenvalue weighted by molar-refractivity contribution is 6.29. The molecule has 1 aliphatic rings. The summed E-state index contributed by atoms with van der Waals surface area (Å²) in [6, 6.07) is 9.94. The number of ether oxygens (including phenoxy) is 1. The Hall–Kier alpha value is -3.20. The summed E-state index contributed by atoms with van der Waals surface area (Å²) in [6.45, 7) is 6.03. The molecule has 3 rings (SSSR count). The molecule has 2 aromatic rings. The molecule has 0 saturated carbocycles. The smallest absolute Gasteiger partial charge is 0.409 e.